The zero-order chi connectivity index (χ0) is 16.4. The molecule has 0 saturated carbocycles. The lowest BCUT2D eigenvalue weighted by atomic mass is 9.98. The maximum atomic E-state index is 11.5. The zero-order valence-electron chi connectivity index (χ0n) is 12.6. The molecule has 0 radical (unpaired) electrons. The first-order chi connectivity index (χ1) is 11.0. The Morgan fingerprint density at radius 1 is 1.35 bits per heavy atom. The Bertz CT molecular complexity index is 573. The van der Waals surface area contributed by atoms with Gasteiger partial charge in [-0.15, -0.1) is 0 Å². The first-order valence-corrected chi connectivity index (χ1v) is 7.40. The van der Waals surface area contributed by atoms with Crippen LogP contribution in [-0.4, -0.2) is 47.8 Å². The van der Waals surface area contributed by atoms with Gasteiger partial charge in [0.2, 0.25) is 0 Å². The van der Waals surface area contributed by atoms with Gasteiger partial charge in [0, 0.05) is 6.92 Å². The van der Waals surface area contributed by atoms with Gasteiger partial charge in [0.1, 0.15) is 12.2 Å². The van der Waals surface area contributed by atoms with E-state index in [9.17, 15) is 14.7 Å². The highest BCUT2D eigenvalue weighted by Crippen LogP contribution is 2.33. The predicted molar refractivity (Wildman–Crippen MR) is 75.9 cm³/mol. The van der Waals surface area contributed by atoms with Crippen LogP contribution in [0.2, 0.25) is 0 Å². The van der Waals surface area contributed by atoms with Crippen molar-refractivity contribution in [3.63, 3.8) is 0 Å². The fourth-order valence-electron chi connectivity index (χ4n) is 2.78. The summed E-state index contributed by atoms with van der Waals surface area (Å²) in [6.07, 6.45) is -4.61. The molecule has 2 heterocycles. The number of aliphatic hydroxyl groups is 1. The van der Waals surface area contributed by atoms with Crippen LogP contribution in [0.25, 0.3) is 0 Å². The van der Waals surface area contributed by atoms with E-state index in [2.05, 4.69) is 0 Å². The molecule has 2 saturated heterocycles. The Kier molecular flexibility index (Phi) is 4.61. The van der Waals surface area contributed by atoms with E-state index in [-0.39, 0.29) is 13.0 Å². The van der Waals surface area contributed by atoms with Crippen LogP contribution in [0.4, 0.5) is 0 Å². The molecule has 2 fully saturated rings. The average Bonchev–Trinajstić information content (AvgIpc) is 2.89. The summed E-state index contributed by atoms with van der Waals surface area (Å²) in [7, 11) is 0. The highest BCUT2D eigenvalue weighted by atomic mass is 16.7. The molecule has 7 nitrogen and oxygen atoms in total. The SMILES string of the molecule is CC(=O)O[C@@H]1[C@@H](O)[C@H](OCc2ccccc2)O[C@@H]2CC(=O)O[C@@H]12. The molecule has 0 bridgehead atoms. The van der Waals surface area contributed by atoms with Gasteiger partial charge in [0.15, 0.2) is 18.5 Å². The van der Waals surface area contributed by atoms with Crippen molar-refractivity contribution in [3.05, 3.63) is 35.9 Å². The second-order valence-corrected chi connectivity index (χ2v) is 5.56. The minimum absolute atomic E-state index is 0.0420. The molecule has 2 aliphatic heterocycles. The van der Waals surface area contributed by atoms with Crippen molar-refractivity contribution in [1.29, 1.82) is 0 Å². The molecule has 0 aromatic heterocycles. The summed E-state index contributed by atoms with van der Waals surface area (Å²) in [5.41, 5.74) is 0.910. The molecule has 3 rings (SSSR count). The monoisotopic (exact) mass is 322 g/mol. The van der Waals surface area contributed by atoms with Crippen LogP contribution in [0.1, 0.15) is 18.9 Å². The molecule has 7 heteroatoms. The van der Waals surface area contributed by atoms with Gasteiger partial charge in [-0.2, -0.15) is 0 Å². The topological polar surface area (TPSA) is 91.3 Å². The van der Waals surface area contributed by atoms with Crippen molar-refractivity contribution < 1.29 is 33.6 Å². The van der Waals surface area contributed by atoms with Crippen molar-refractivity contribution in [2.75, 3.05) is 0 Å². The van der Waals surface area contributed by atoms with Crippen LogP contribution >= 0.6 is 0 Å². The van der Waals surface area contributed by atoms with Crippen LogP contribution in [0, 0.1) is 0 Å². The number of carbonyl (C=O) groups excluding carboxylic acids is 2. The number of benzene rings is 1. The fraction of sp³-hybridized carbons (Fsp3) is 0.500. The summed E-state index contributed by atoms with van der Waals surface area (Å²) in [6, 6.07) is 9.39. The quantitative estimate of drug-likeness (QED) is 0.809. The van der Waals surface area contributed by atoms with Crippen molar-refractivity contribution >= 4 is 11.9 Å². The van der Waals surface area contributed by atoms with Gasteiger partial charge in [-0.25, -0.2) is 0 Å². The van der Waals surface area contributed by atoms with E-state index in [4.69, 9.17) is 18.9 Å². The van der Waals surface area contributed by atoms with Crippen LogP contribution in [0.5, 0.6) is 0 Å². The maximum absolute atomic E-state index is 11.5. The lowest BCUT2D eigenvalue weighted by Gasteiger charge is -2.39. The van der Waals surface area contributed by atoms with Crippen LogP contribution < -0.4 is 0 Å². The van der Waals surface area contributed by atoms with E-state index in [1.54, 1.807) is 0 Å². The Labute approximate surface area is 133 Å². The van der Waals surface area contributed by atoms with Gasteiger partial charge in [-0.1, -0.05) is 30.3 Å². The van der Waals surface area contributed by atoms with E-state index in [1.165, 1.54) is 6.92 Å². The van der Waals surface area contributed by atoms with Crippen LogP contribution in [0.15, 0.2) is 30.3 Å². The van der Waals surface area contributed by atoms with E-state index in [1.807, 2.05) is 30.3 Å². The molecule has 1 N–H and O–H groups in total. The third-order valence-electron chi connectivity index (χ3n) is 3.81. The van der Waals surface area contributed by atoms with Gasteiger partial charge in [-0.3, -0.25) is 9.59 Å². The van der Waals surface area contributed by atoms with Gasteiger partial charge in [0.25, 0.3) is 0 Å². The maximum Gasteiger partial charge on any atom is 0.309 e. The largest absolute Gasteiger partial charge is 0.455 e. The van der Waals surface area contributed by atoms with Crippen molar-refractivity contribution in [2.45, 2.75) is 50.7 Å². The number of hydrogen-bond acceptors (Lipinski definition) is 7. The number of rotatable bonds is 4. The number of ether oxygens (including phenoxy) is 4. The molecule has 0 unspecified atom stereocenters. The predicted octanol–water partition coefficient (Wildman–Crippen LogP) is 0.536. The van der Waals surface area contributed by atoms with E-state index in [0.717, 1.165) is 5.56 Å². The number of aliphatic hydroxyl groups excluding tert-OH is 1. The fourth-order valence-corrected chi connectivity index (χ4v) is 2.78. The van der Waals surface area contributed by atoms with E-state index < -0.39 is 42.6 Å². The molecule has 5 atom stereocenters. The summed E-state index contributed by atoms with van der Waals surface area (Å²) in [5.74, 6) is -1.02. The second-order valence-electron chi connectivity index (χ2n) is 5.56. The van der Waals surface area contributed by atoms with Crippen molar-refractivity contribution in [1.82, 2.24) is 0 Å². The van der Waals surface area contributed by atoms with Crippen molar-refractivity contribution in [3.8, 4) is 0 Å². The third kappa shape index (κ3) is 3.52. The molecule has 23 heavy (non-hydrogen) atoms. The standard InChI is InChI=1S/C16H18O7/c1-9(17)21-15-13(19)16(20-8-10-5-3-2-4-6-10)22-11-7-12(18)23-14(11)15/h2-6,11,13-16,19H,7-8H2,1H3/t11-,13-,14-,15-,16-/m1/s1. The lowest BCUT2D eigenvalue weighted by molar-refractivity contribution is -0.291. The van der Waals surface area contributed by atoms with Gasteiger partial charge < -0.3 is 24.1 Å². The highest BCUT2D eigenvalue weighted by molar-refractivity contribution is 5.73. The Morgan fingerprint density at radius 3 is 2.78 bits per heavy atom. The Balaban J connectivity index is 1.70. The van der Waals surface area contributed by atoms with Crippen LogP contribution in [-0.2, 0) is 35.1 Å². The number of carbonyl (C=O) groups is 2. The number of esters is 2. The average molecular weight is 322 g/mol. The molecule has 2 aliphatic rings. The molecule has 1 aromatic rings. The molecular weight excluding hydrogens is 304 g/mol. The third-order valence-corrected chi connectivity index (χ3v) is 3.81. The lowest BCUT2D eigenvalue weighted by Crippen LogP contribution is -2.58. The summed E-state index contributed by atoms with van der Waals surface area (Å²) >= 11 is 0. The molecule has 124 valence electrons. The van der Waals surface area contributed by atoms with Crippen molar-refractivity contribution in [2.24, 2.45) is 0 Å². The summed E-state index contributed by atoms with van der Waals surface area (Å²) in [5, 5.41) is 10.4. The van der Waals surface area contributed by atoms with E-state index >= 15 is 0 Å². The molecule has 0 aliphatic carbocycles. The second kappa shape index (κ2) is 6.66. The summed E-state index contributed by atoms with van der Waals surface area (Å²) in [6.45, 7) is 1.45. The first kappa shape index (κ1) is 15.9. The summed E-state index contributed by atoms with van der Waals surface area (Å²) < 4.78 is 21.4. The Morgan fingerprint density at radius 2 is 2.09 bits per heavy atom. The minimum Gasteiger partial charge on any atom is -0.455 e. The molecular formula is C16H18O7. The Hall–Kier alpha value is -1.96. The van der Waals surface area contributed by atoms with Gasteiger partial charge in [-0.05, 0) is 5.56 Å². The van der Waals surface area contributed by atoms with Gasteiger partial charge >= 0.3 is 11.9 Å². The van der Waals surface area contributed by atoms with Crippen LogP contribution in [0.3, 0.4) is 0 Å². The van der Waals surface area contributed by atoms with Gasteiger partial charge in [0.05, 0.1) is 13.0 Å². The smallest absolute Gasteiger partial charge is 0.309 e. The molecule has 1 aromatic carbocycles. The highest BCUT2D eigenvalue weighted by Gasteiger charge is 2.53. The summed E-state index contributed by atoms with van der Waals surface area (Å²) in [4.78, 5) is 22.7. The molecule has 0 spiro atoms. The number of hydrogen-bond donors (Lipinski definition) is 1. The molecule has 0 amide bonds. The zero-order valence-corrected chi connectivity index (χ0v) is 12.6. The number of fused-ring (bicyclic) bond motifs is 1. The minimum atomic E-state index is -1.24. The van der Waals surface area contributed by atoms with E-state index in [0.29, 0.717) is 0 Å². The normalized spacial score (nSPS) is 33.0. The first-order valence-electron chi connectivity index (χ1n) is 7.40.